The lowest BCUT2D eigenvalue weighted by Gasteiger charge is -2.29. The Hall–Kier alpha value is -2.49. The highest BCUT2D eigenvalue weighted by Crippen LogP contribution is 2.23. The largest absolute Gasteiger partial charge is 0.350 e. The second-order valence-electron chi connectivity index (χ2n) is 12.3. The van der Waals surface area contributed by atoms with Crippen LogP contribution in [0.15, 0.2) is 66.7 Å². The predicted molar refractivity (Wildman–Crippen MR) is 185 cm³/mol. The molecule has 2 aliphatic heterocycles. The summed E-state index contributed by atoms with van der Waals surface area (Å²) in [5.74, 6) is 0.456. The van der Waals surface area contributed by atoms with Gasteiger partial charge < -0.3 is 20.4 Å². The minimum atomic E-state index is -0.242. The Bertz CT molecular complexity index is 1340. The zero-order valence-electron chi connectivity index (χ0n) is 25.6. The Morgan fingerprint density at radius 1 is 0.977 bits per heavy atom. The predicted octanol–water partition coefficient (Wildman–Crippen LogP) is 6.52. The summed E-state index contributed by atoms with van der Waals surface area (Å²) in [5.41, 5.74) is 3.25. The van der Waals surface area contributed by atoms with Crippen molar-refractivity contribution in [3.63, 3.8) is 0 Å². The van der Waals surface area contributed by atoms with E-state index in [0.717, 1.165) is 60.6 Å². The van der Waals surface area contributed by atoms with E-state index in [1.54, 1.807) is 0 Å². The summed E-state index contributed by atoms with van der Waals surface area (Å²) in [6.45, 7) is 7.33. The molecular formula is C36H47IN4O2. The van der Waals surface area contributed by atoms with Crippen molar-refractivity contribution < 1.29 is 9.59 Å². The van der Waals surface area contributed by atoms with Gasteiger partial charge in [0.1, 0.15) is 0 Å². The highest BCUT2D eigenvalue weighted by molar-refractivity contribution is 14.1. The molecule has 0 radical (unpaired) electrons. The Kier molecular flexibility index (Phi) is 11.9. The number of fused-ring (bicyclic) bond motifs is 1. The van der Waals surface area contributed by atoms with Crippen LogP contribution in [-0.2, 0) is 9.22 Å². The first-order chi connectivity index (χ1) is 21.0. The van der Waals surface area contributed by atoms with E-state index in [4.69, 9.17) is 0 Å². The van der Waals surface area contributed by atoms with Crippen LogP contribution < -0.4 is 10.6 Å². The van der Waals surface area contributed by atoms with Gasteiger partial charge in [-0.3, -0.25) is 9.59 Å². The number of likely N-dealkylation sites (tertiary alicyclic amines) is 1. The first-order valence-corrected chi connectivity index (χ1v) is 17.8. The van der Waals surface area contributed by atoms with E-state index in [0.29, 0.717) is 24.6 Å². The normalized spacial score (nSPS) is 20.9. The van der Waals surface area contributed by atoms with E-state index in [1.807, 2.05) is 18.2 Å². The lowest BCUT2D eigenvalue weighted by molar-refractivity contribution is -0.133. The molecule has 7 heteroatoms. The van der Waals surface area contributed by atoms with Crippen molar-refractivity contribution in [1.82, 2.24) is 20.4 Å². The van der Waals surface area contributed by atoms with Gasteiger partial charge in [0.05, 0.1) is 6.04 Å². The van der Waals surface area contributed by atoms with Gasteiger partial charge in [-0.05, 0) is 79.2 Å². The first-order valence-electron chi connectivity index (χ1n) is 16.2. The molecule has 0 bridgehead atoms. The number of hydrogen-bond acceptors (Lipinski definition) is 4. The number of hydrogen-bond donors (Lipinski definition) is 2. The Balaban J connectivity index is 1.26. The van der Waals surface area contributed by atoms with E-state index >= 15 is 0 Å². The smallest absolute Gasteiger partial charge is 0.251 e. The Morgan fingerprint density at radius 2 is 1.72 bits per heavy atom. The standard InChI is InChI=1S/C36H47IN4O2/c1-2-28(29-10-6-5-7-11-29)26-41-21-16-33(39-34(36(41)43)17-20-40-18-8-3-4-9-19-40)25-38-35(42)32-15-14-30-22-27(24-37)12-13-31(30)23-32/h5-7,10-15,22-23,28,33-34,39H,2-4,8-9,16-21,24-26H2,1H3,(H,38,42)/t28-,33+,34+/m1/s1. The maximum Gasteiger partial charge on any atom is 0.251 e. The monoisotopic (exact) mass is 694 g/mol. The zero-order valence-corrected chi connectivity index (χ0v) is 27.7. The lowest BCUT2D eigenvalue weighted by atomic mass is 9.95. The molecule has 6 nitrogen and oxygen atoms in total. The fraction of sp³-hybridized carbons (Fsp3) is 0.500. The van der Waals surface area contributed by atoms with Crippen LogP contribution in [0.4, 0.5) is 0 Å². The molecule has 43 heavy (non-hydrogen) atoms. The third-order valence-corrected chi connectivity index (χ3v) is 10.1. The van der Waals surface area contributed by atoms with Crippen molar-refractivity contribution in [2.24, 2.45) is 0 Å². The van der Waals surface area contributed by atoms with Crippen LogP contribution in [0.25, 0.3) is 10.8 Å². The summed E-state index contributed by atoms with van der Waals surface area (Å²) in [7, 11) is 0. The number of rotatable bonds is 11. The van der Waals surface area contributed by atoms with E-state index in [-0.39, 0.29) is 23.9 Å². The molecule has 2 heterocycles. The molecule has 0 unspecified atom stereocenters. The third-order valence-electron chi connectivity index (χ3n) is 9.26. The fourth-order valence-electron chi connectivity index (χ4n) is 6.60. The van der Waals surface area contributed by atoms with Gasteiger partial charge >= 0.3 is 0 Å². The molecular weight excluding hydrogens is 647 g/mol. The van der Waals surface area contributed by atoms with Crippen LogP contribution in [0.1, 0.15) is 79.3 Å². The molecule has 2 amide bonds. The number of nitrogens with zero attached hydrogens (tertiary/aromatic N) is 2. The quantitative estimate of drug-likeness (QED) is 0.177. The molecule has 230 valence electrons. The highest BCUT2D eigenvalue weighted by atomic mass is 127. The van der Waals surface area contributed by atoms with E-state index in [1.165, 1.54) is 36.8 Å². The average molecular weight is 695 g/mol. The maximum atomic E-state index is 14.0. The molecule has 3 aromatic carbocycles. The van der Waals surface area contributed by atoms with Gasteiger partial charge in [-0.15, -0.1) is 0 Å². The SMILES string of the molecule is CC[C@H](CN1CC[C@@H](CNC(=O)c2ccc3cc(CI)ccc3c2)N[C@@H](CCN2CCCCCC2)C1=O)c1ccccc1. The van der Waals surface area contributed by atoms with Crippen molar-refractivity contribution in [3.05, 3.63) is 83.4 Å². The van der Waals surface area contributed by atoms with Crippen LogP contribution in [0.2, 0.25) is 0 Å². The van der Waals surface area contributed by atoms with Crippen LogP contribution >= 0.6 is 22.6 Å². The molecule has 3 atom stereocenters. The number of carbonyl (C=O) groups is 2. The number of halogens is 1. The molecule has 0 spiro atoms. The van der Waals surface area contributed by atoms with Crippen molar-refractivity contribution in [2.45, 2.75) is 74.3 Å². The van der Waals surface area contributed by atoms with Gasteiger partial charge in [-0.25, -0.2) is 0 Å². The van der Waals surface area contributed by atoms with Gasteiger partial charge in [-0.1, -0.05) is 97.0 Å². The van der Waals surface area contributed by atoms with Crippen LogP contribution in [0.3, 0.4) is 0 Å². The number of alkyl halides is 1. The molecule has 0 aromatic heterocycles. The molecule has 0 saturated carbocycles. The minimum absolute atomic E-state index is 0.0375. The molecule has 2 N–H and O–H groups in total. The Labute approximate surface area is 271 Å². The maximum absolute atomic E-state index is 14.0. The topological polar surface area (TPSA) is 64.7 Å². The first kappa shape index (κ1) is 31.9. The van der Waals surface area contributed by atoms with E-state index in [9.17, 15) is 9.59 Å². The molecule has 3 aromatic rings. The summed E-state index contributed by atoms with van der Waals surface area (Å²) < 4.78 is 0.967. The van der Waals surface area contributed by atoms with Crippen LogP contribution in [0.5, 0.6) is 0 Å². The van der Waals surface area contributed by atoms with Crippen LogP contribution in [-0.4, -0.2) is 73.0 Å². The van der Waals surface area contributed by atoms with Crippen molar-refractivity contribution >= 4 is 45.2 Å². The minimum Gasteiger partial charge on any atom is -0.350 e. The zero-order chi connectivity index (χ0) is 30.0. The van der Waals surface area contributed by atoms with E-state index < -0.39 is 0 Å². The number of amides is 2. The third kappa shape index (κ3) is 8.79. The van der Waals surface area contributed by atoms with Crippen molar-refractivity contribution in [1.29, 1.82) is 0 Å². The number of benzene rings is 3. The second kappa shape index (κ2) is 16.0. The Morgan fingerprint density at radius 3 is 2.47 bits per heavy atom. The average Bonchev–Trinajstić information content (AvgIpc) is 3.40. The summed E-state index contributed by atoms with van der Waals surface area (Å²) in [4.78, 5) is 31.9. The molecule has 2 fully saturated rings. The lowest BCUT2D eigenvalue weighted by Crippen LogP contribution is -2.50. The van der Waals surface area contributed by atoms with E-state index in [2.05, 4.69) is 98.5 Å². The number of nitrogens with one attached hydrogen (secondary N) is 2. The van der Waals surface area contributed by atoms with Gasteiger partial charge in [0.25, 0.3) is 5.91 Å². The molecule has 2 aliphatic rings. The number of carbonyl (C=O) groups excluding carboxylic acids is 2. The van der Waals surface area contributed by atoms with Gasteiger partial charge in [0.2, 0.25) is 5.91 Å². The van der Waals surface area contributed by atoms with Gasteiger partial charge in [-0.2, -0.15) is 0 Å². The van der Waals surface area contributed by atoms with Gasteiger partial charge in [0.15, 0.2) is 0 Å². The second-order valence-corrected chi connectivity index (χ2v) is 13.1. The van der Waals surface area contributed by atoms with Crippen LogP contribution in [0, 0.1) is 0 Å². The summed E-state index contributed by atoms with van der Waals surface area (Å²) >= 11 is 2.37. The van der Waals surface area contributed by atoms with Gasteiger partial charge in [0, 0.05) is 48.1 Å². The summed E-state index contributed by atoms with van der Waals surface area (Å²) in [5, 5.41) is 9.11. The summed E-state index contributed by atoms with van der Waals surface area (Å²) in [6.07, 6.45) is 7.71. The molecule has 5 rings (SSSR count). The molecule has 2 saturated heterocycles. The fourth-order valence-corrected chi connectivity index (χ4v) is 7.08. The molecule has 0 aliphatic carbocycles. The van der Waals surface area contributed by atoms with Crippen molar-refractivity contribution in [3.8, 4) is 0 Å². The summed E-state index contributed by atoms with van der Waals surface area (Å²) in [6, 6.07) is 22.7. The highest BCUT2D eigenvalue weighted by Gasteiger charge is 2.32. The van der Waals surface area contributed by atoms with Crippen molar-refractivity contribution in [2.75, 3.05) is 39.3 Å².